The Bertz CT molecular complexity index is 907. The van der Waals surface area contributed by atoms with Gasteiger partial charge in [0, 0.05) is 32.1 Å². The van der Waals surface area contributed by atoms with Crippen molar-refractivity contribution in [2.45, 2.75) is 19.8 Å². The lowest BCUT2D eigenvalue weighted by atomic mass is 10.1. The summed E-state index contributed by atoms with van der Waals surface area (Å²) in [5.74, 6) is 1.15. The third-order valence-corrected chi connectivity index (χ3v) is 4.37. The van der Waals surface area contributed by atoms with Crippen molar-refractivity contribution in [2.24, 2.45) is 4.99 Å². The lowest BCUT2D eigenvalue weighted by molar-refractivity contribution is 0.572. The van der Waals surface area contributed by atoms with E-state index in [1.807, 2.05) is 24.3 Å². The van der Waals surface area contributed by atoms with Crippen LogP contribution in [0.4, 0.5) is 4.39 Å². The molecule has 5 nitrogen and oxygen atoms in total. The highest BCUT2D eigenvalue weighted by atomic mass is 127. The molecule has 0 saturated heterocycles. The Morgan fingerprint density at radius 3 is 2.31 bits per heavy atom. The second-order valence-corrected chi connectivity index (χ2v) is 6.56. The van der Waals surface area contributed by atoms with Gasteiger partial charge in [0.05, 0.1) is 5.69 Å². The molecule has 1 heterocycles. The van der Waals surface area contributed by atoms with Gasteiger partial charge in [-0.2, -0.15) is 0 Å². The van der Waals surface area contributed by atoms with Crippen molar-refractivity contribution in [3.8, 4) is 11.5 Å². The number of nitrogens with zero attached hydrogens (tertiary/aromatic N) is 2. The SMILES string of the molecule is CN=C(NCCc1ccc(F)cc1)NCCc1coc(-c2ccc(C)cc2)n1.I. The zero-order valence-corrected chi connectivity index (χ0v) is 18.9. The molecule has 2 N–H and O–H groups in total. The molecule has 3 rings (SSSR count). The van der Waals surface area contributed by atoms with Crippen molar-refractivity contribution in [2.75, 3.05) is 20.1 Å². The van der Waals surface area contributed by atoms with E-state index in [0.29, 0.717) is 19.0 Å². The summed E-state index contributed by atoms with van der Waals surface area (Å²) in [4.78, 5) is 8.76. The van der Waals surface area contributed by atoms with Crippen molar-refractivity contribution in [1.29, 1.82) is 0 Å². The summed E-state index contributed by atoms with van der Waals surface area (Å²) in [6, 6.07) is 14.7. The van der Waals surface area contributed by atoms with Gasteiger partial charge in [-0.15, -0.1) is 24.0 Å². The van der Waals surface area contributed by atoms with Crippen LogP contribution in [0.3, 0.4) is 0 Å². The number of aliphatic imine (C=N–C) groups is 1. The van der Waals surface area contributed by atoms with Gasteiger partial charge in [0.15, 0.2) is 5.96 Å². The molecule has 154 valence electrons. The van der Waals surface area contributed by atoms with Gasteiger partial charge < -0.3 is 15.1 Å². The predicted octanol–water partition coefficient (Wildman–Crippen LogP) is 4.36. The number of hydrogen-bond donors (Lipinski definition) is 2. The first-order valence-corrected chi connectivity index (χ1v) is 9.34. The second kappa shape index (κ2) is 11.5. The molecule has 0 amide bonds. The molecular weight excluding hydrogens is 482 g/mol. The molecule has 7 heteroatoms. The van der Waals surface area contributed by atoms with Crippen LogP contribution in [0.2, 0.25) is 0 Å². The standard InChI is InChI=1S/C22H25FN4O.HI/c1-16-3-7-18(8-4-16)21-27-20(15-28-21)12-14-26-22(24-2)25-13-11-17-5-9-19(23)10-6-17;/h3-10,15H,11-14H2,1-2H3,(H2,24,25,26);1H. The van der Waals surface area contributed by atoms with Crippen LogP contribution in [0.25, 0.3) is 11.5 Å². The normalized spacial score (nSPS) is 11.1. The van der Waals surface area contributed by atoms with E-state index in [-0.39, 0.29) is 29.8 Å². The average Bonchev–Trinajstić information content (AvgIpc) is 3.17. The van der Waals surface area contributed by atoms with Crippen molar-refractivity contribution in [1.82, 2.24) is 15.6 Å². The quantitative estimate of drug-likeness (QED) is 0.283. The van der Waals surface area contributed by atoms with Gasteiger partial charge in [0.2, 0.25) is 5.89 Å². The molecule has 0 radical (unpaired) electrons. The van der Waals surface area contributed by atoms with E-state index in [4.69, 9.17) is 4.42 Å². The molecular formula is C22H26FIN4O. The Kier molecular flexibility index (Phi) is 9.11. The number of aryl methyl sites for hydroxylation is 1. The smallest absolute Gasteiger partial charge is 0.226 e. The highest BCUT2D eigenvalue weighted by Crippen LogP contribution is 2.19. The zero-order chi connectivity index (χ0) is 19.8. The van der Waals surface area contributed by atoms with Crippen LogP contribution >= 0.6 is 24.0 Å². The largest absolute Gasteiger partial charge is 0.444 e. The average molecular weight is 508 g/mol. The summed E-state index contributed by atoms with van der Waals surface area (Å²) in [7, 11) is 1.73. The molecule has 29 heavy (non-hydrogen) atoms. The van der Waals surface area contributed by atoms with Crippen LogP contribution in [0.15, 0.2) is 64.2 Å². The van der Waals surface area contributed by atoms with E-state index in [1.54, 1.807) is 25.4 Å². The Labute approximate surface area is 187 Å². The van der Waals surface area contributed by atoms with E-state index < -0.39 is 0 Å². The highest BCUT2D eigenvalue weighted by molar-refractivity contribution is 14.0. The fourth-order valence-corrected chi connectivity index (χ4v) is 2.76. The van der Waals surface area contributed by atoms with Crippen LogP contribution in [0.5, 0.6) is 0 Å². The minimum atomic E-state index is -0.215. The van der Waals surface area contributed by atoms with Crippen molar-refractivity contribution in [3.63, 3.8) is 0 Å². The number of guanidine groups is 1. The number of halogens is 2. The summed E-state index contributed by atoms with van der Waals surface area (Å²) < 4.78 is 18.5. The number of benzene rings is 2. The topological polar surface area (TPSA) is 62.5 Å². The molecule has 0 aliphatic carbocycles. The van der Waals surface area contributed by atoms with E-state index >= 15 is 0 Å². The van der Waals surface area contributed by atoms with Gasteiger partial charge in [0.25, 0.3) is 0 Å². The fourth-order valence-electron chi connectivity index (χ4n) is 2.76. The van der Waals surface area contributed by atoms with Gasteiger partial charge in [-0.25, -0.2) is 9.37 Å². The summed E-state index contributed by atoms with van der Waals surface area (Å²) in [6.07, 6.45) is 3.22. The molecule has 0 saturated carbocycles. The Morgan fingerprint density at radius 2 is 1.66 bits per heavy atom. The summed E-state index contributed by atoms with van der Waals surface area (Å²) in [5, 5.41) is 6.52. The van der Waals surface area contributed by atoms with E-state index in [1.165, 1.54) is 17.7 Å². The predicted molar refractivity (Wildman–Crippen MR) is 125 cm³/mol. The highest BCUT2D eigenvalue weighted by Gasteiger charge is 2.07. The molecule has 0 aliphatic rings. The van der Waals surface area contributed by atoms with Crippen molar-refractivity contribution >= 4 is 29.9 Å². The van der Waals surface area contributed by atoms with Crippen molar-refractivity contribution in [3.05, 3.63) is 77.4 Å². The zero-order valence-electron chi connectivity index (χ0n) is 16.6. The minimum Gasteiger partial charge on any atom is -0.444 e. The van der Waals surface area contributed by atoms with Gasteiger partial charge in [-0.1, -0.05) is 29.8 Å². The molecule has 0 bridgehead atoms. The van der Waals surface area contributed by atoms with E-state index in [0.717, 1.165) is 35.6 Å². The summed E-state index contributed by atoms with van der Waals surface area (Å²) in [5.41, 5.74) is 4.15. The first kappa shape index (κ1) is 22.9. The van der Waals surface area contributed by atoms with Crippen LogP contribution in [-0.4, -0.2) is 31.1 Å². The van der Waals surface area contributed by atoms with Crippen molar-refractivity contribution < 1.29 is 8.81 Å². The Hall–Kier alpha value is -2.42. The van der Waals surface area contributed by atoms with Gasteiger partial charge in [-0.05, 0) is 43.2 Å². The molecule has 1 aromatic heterocycles. The van der Waals surface area contributed by atoms with Gasteiger partial charge in [0.1, 0.15) is 12.1 Å². The van der Waals surface area contributed by atoms with Crippen LogP contribution < -0.4 is 10.6 Å². The molecule has 3 aromatic rings. The van der Waals surface area contributed by atoms with Crippen LogP contribution in [0, 0.1) is 12.7 Å². The number of oxazole rings is 1. The first-order valence-electron chi connectivity index (χ1n) is 9.34. The monoisotopic (exact) mass is 508 g/mol. The third-order valence-electron chi connectivity index (χ3n) is 4.37. The lowest BCUT2D eigenvalue weighted by Crippen LogP contribution is -2.39. The van der Waals surface area contributed by atoms with Gasteiger partial charge >= 0.3 is 0 Å². The maximum absolute atomic E-state index is 12.9. The number of rotatable bonds is 7. The first-order chi connectivity index (χ1) is 13.6. The fraction of sp³-hybridized carbons (Fsp3) is 0.273. The van der Waals surface area contributed by atoms with Gasteiger partial charge in [-0.3, -0.25) is 4.99 Å². The number of aromatic nitrogens is 1. The molecule has 0 spiro atoms. The van der Waals surface area contributed by atoms with Crippen LogP contribution in [-0.2, 0) is 12.8 Å². The number of nitrogens with one attached hydrogen (secondary N) is 2. The molecule has 0 unspecified atom stereocenters. The molecule has 0 aliphatic heterocycles. The summed E-state index contributed by atoms with van der Waals surface area (Å²) in [6.45, 7) is 3.46. The van der Waals surface area contributed by atoms with E-state index in [9.17, 15) is 4.39 Å². The maximum atomic E-state index is 12.9. The Balaban J connectivity index is 0.00000300. The molecule has 0 fully saturated rings. The molecule has 2 aromatic carbocycles. The second-order valence-electron chi connectivity index (χ2n) is 6.56. The number of hydrogen-bond acceptors (Lipinski definition) is 3. The maximum Gasteiger partial charge on any atom is 0.226 e. The Morgan fingerprint density at radius 1 is 1.00 bits per heavy atom. The minimum absolute atomic E-state index is 0. The third kappa shape index (κ3) is 7.16. The molecule has 0 atom stereocenters. The van der Waals surface area contributed by atoms with E-state index in [2.05, 4.69) is 27.5 Å². The summed E-state index contributed by atoms with van der Waals surface area (Å²) >= 11 is 0. The lowest BCUT2D eigenvalue weighted by Gasteiger charge is -2.11. The van der Waals surface area contributed by atoms with Crippen LogP contribution in [0.1, 0.15) is 16.8 Å².